The number of aromatic nitrogens is 4. The van der Waals surface area contributed by atoms with E-state index in [1.54, 1.807) is 4.52 Å². The molecule has 6 nitrogen and oxygen atoms in total. The van der Waals surface area contributed by atoms with Crippen LogP contribution in [0, 0.1) is 6.92 Å². The molecule has 0 radical (unpaired) electrons. The molecule has 0 aliphatic carbocycles. The van der Waals surface area contributed by atoms with Crippen molar-refractivity contribution in [2.75, 3.05) is 13.2 Å². The molecule has 1 aromatic carbocycles. The summed E-state index contributed by atoms with van der Waals surface area (Å²) in [5, 5.41) is 13.6. The van der Waals surface area contributed by atoms with Crippen molar-refractivity contribution in [3.63, 3.8) is 0 Å². The van der Waals surface area contributed by atoms with Crippen LogP contribution < -0.4 is 10.5 Å². The summed E-state index contributed by atoms with van der Waals surface area (Å²) in [7, 11) is 0. The second kappa shape index (κ2) is 4.94. The van der Waals surface area contributed by atoms with Gasteiger partial charge in [0.25, 0.3) is 0 Å². The summed E-state index contributed by atoms with van der Waals surface area (Å²) in [6.45, 7) is 2.97. The minimum atomic E-state index is 0.505. The zero-order valence-electron chi connectivity index (χ0n) is 10.4. The number of nitrogens with zero attached hydrogens (tertiary/aromatic N) is 4. The van der Waals surface area contributed by atoms with Crippen molar-refractivity contribution >= 4 is 16.3 Å². The highest BCUT2D eigenvalue weighted by molar-refractivity contribution is 7.16. The maximum Gasteiger partial charge on any atom is 0.234 e. The first-order valence-corrected chi connectivity index (χ1v) is 6.72. The van der Waals surface area contributed by atoms with Crippen LogP contribution in [0.3, 0.4) is 0 Å². The smallest absolute Gasteiger partial charge is 0.234 e. The van der Waals surface area contributed by atoms with Gasteiger partial charge in [-0.1, -0.05) is 11.3 Å². The van der Waals surface area contributed by atoms with Crippen molar-refractivity contribution < 1.29 is 4.74 Å². The van der Waals surface area contributed by atoms with Crippen molar-refractivity contribution in [3.8, 4) is 17.1 Å². The average Bonchev–Trinajstić information content (AvgIpc) is 2.96. The van der Waals surface area contributed by atoms with Crippen LogP contribution in [0.25, 0.3) is 16.3 Å². The minimum absolute atomic E-state index is 0.505. The Morgan fingerprint density at radius 1 is 1.26 bits per heavy atom. The fourth-order valence-corrected chi connectivity index (χ4v) is 2.45. The molecule has 98 valence electrons. The number of benzene rings is 1. The maximum absolute atomic E-state index is 5.44. The van der Waals surface area contributed by atoms with Crippen LogP contribution in [0.15, 0.2) is 24.3 Å². The van der Waals surface area contributed by atoms with Crippen molar-refractivity contribution in [1.82, 2.24) is 19.8 Å². The molecule has 0 bridgehead atoms. The number of fused-ring (bicyclic) bond motifs is 1. The SMILES string of the molecule is Cc1nn2c(-c3ccc(OCCN)cc3)nnc2s1. The van der Waals surface area contributed by atoms with E-state index in [1.807, 2.05) is 31.2 Å². The van der Waals surface area contributed by atoms with Gasteiger partial charge in [0.1, 0.15) is 17.4 Å². The Balaban J connectivity index is 1.93. The number of aryl methyl sites for hydroxylation is 1. The molecular formula is C12H13N5OS. The first-order valence-electron chi connectivity index (χ1n) is 5.90. The topological polar surface area (TPSA) is 78.3 Å². The molecule has 0 aliphatic rings. The monoisotopic (exact) mass is 275 g/mol. The van der Waals surface area contributed by atoms with Gasteiger partial charge in [0.15, 0.2) is 5.82 Å². The molecule has 19 heavy (non-hydrogen) atoms. The maximum atomic E-state index is 5.44. The predicted molar refractivity (Wildman–Crippen MR) is 73.4 cm³/mol. The molecule has 0 fully saturated rings. The summed E-state index contributed by atoms with van der Waals surface area (Å²) >= 11 is 1.52. The lowest BCUT2D eigenvalue weighted by Crippen LogP contribution is -2.10. The van der Waals surface area contributed by atoms with Gasteiger partial charge < -0.3 is 10.5 Å². The molecule has 0 saturated heterocycles. The molecule has 2 N–H and O–H groups in total. The van der Waals surface area contributed by atoms with Crippen LogP contribution in [0.5, 0.6) is 5.75 Å². The Morgan fingerprint density at radius 2 is 2.05 bits per heavy atom. The molecule has 2 heterocycles. The van der Waals surface area contributed by atoms with E-state index in [1.165, 1.54) is 11.3 Å². The van der Waals surface area contributed by atoms with E-state index in [0.717, 1.165) is 27.1 Å². The number of ether oxygens (including phenoxy) is 1. The Bertz CT molecular complexity index is 688. The van der Waals surface area contributed by atoms with Gasteiger partial charge in [-0.05, 0) is 31.2 Å². The largest absolute Gasteiger partial charge is 0.492 e. The minimum Gasteiger partial charge on any atom is -0.492 e. The van der Waals surface area contributed by atoms with E-state index in [0.29, 0.717) is 13.2 Å². The molecule has 0 amide bonds. The summed E-state index contributed by atoms with van der Waals surface area (Å²) in [6.07, 6.45) is 0. The van der Waals surface area contributed by atoms with Crippen molar-refractivity contribution in [2.24, 2.45) is 5.73 Å². The van der Waals surface area contributed by atoms with Gasteiger partial charge in [0.05, 0.1) is 0 Å². The lowest BCUT2D eigenvalue weighted by Gasteiger charge is -2.04. The third kappa shape index (κ3) is 2.29. The van der Waals surface area contributed by atoms with E-state index in [4.69, 9.17) is 10.5 Å². The Labute approximate surface area is 113 Å². The normalized spacial score (nSPS) is 11.1. The van der Waals surface area contributed by atoms with Crippen LogP contribution >= 0.6 is 11.3 Å². The number of rotatable bonds is 4. The van der Waals surface area contributed by atoms with Gasteiger partial charge in [-0.3, -0.25) is 0 Å². The second-order valence-corrected chi connectivity index (χ2v) is 5.16. The van der Waals surface area contributed by atoms with Crippen LogP contribution in [-0.4, -0.2) is 33.0 Å². The van der Waals surface area contributed by atoms with E-state index >= 15 is 0 Å². The zero-order chi connectivity index (χ0) is 13.2. The average molecular weight is 275 g/mol. The Kier molecular flexibility index (Phi) is 3.14. The third-order valence-electron chi connectivity index (χ3n) is 2.59. The van der Waals surface area contributed by atoms with Gasteiger partial charge in [0, 0.05) is 12.1 Å². The molecule has 7 heteroatoms. The first-order chi connectivity index (χ1) is 9.28. The number of hydrogen-bond donors (Lipinski definition) is 1. The van der Waals surface area contributed by atoms with Gasteiger partial charge in [0.2, 0.25) is 4.96 Å². The van der Waals surface area contributed by atoms with Crippen LogP contribution in [0.2, 0.25) is 0 Å². The Hall–Kier alpha value is -1.99. The molecule has 2 aromatic heterocycles. The van der Waals surface area contributed by atoms with Gasteiger partial charge in [-0.2, -0.15) is 9.61 Å². The molecule has 0 spiro atoms. The number of nitrogens with two attached hydrogens (primary N) is 1. The van der Waals surface area contributed by atoms with E-state index in [2.05, 4.69) is 15.3 Å². The molecule has 0 unspecified atom stereocenters. The van der Waals surface area contributed by atoms with Gasteiger partial charge >= 0.3 is 0 Å². The van der Waals surface area contributed by atoms with Gasteiger partial charge in [-0.25, -0.2) is 0 Å². The van der Waals surface area contributed by atoms with Crippen LogP contribution in [-0.2, 0) is 0 Å². The van der Waals surface area contributed by atoms with Crippen molar-refractivity contribution in [2.45, 2.75) is 6.92 Å². The van der Waals surface area contributed by atoms with Crippen LogP contribution in [0.1, 0.15) is 5.01 Å². The lowest BCUT2D eigenvalue weighted by molar-refractivity contribution is 0.328. The molecule has 0 atom stereocenters. The highest BCUT2D eigenvalue weighted by atomic mass is 32.1. The van der Waals surface area contributed by atoms with E-state index in [-0.39, 0.29) is 0 Å². The van der Waals surface area contributed by atoms with E-state index in [9.17, 15) is 0 Å². The highest BCUT2D eigenvalue weighted by Gasteiger charge is 2.11. The molecule has 3 rings (SSSR count). The summed E-state index contributed by atoms with van der Waals surface area (Å²) in [5.74, 6) is 1.54. The second-order valence-electron chi connectivity index (χ2n) is 4.00. The fraction of sp³-hybridized carbons (Fsp3) is 0.250. The van der Waals surface area contributed by atoms with Crippen LogP contribution in [0.4, 0.5) is 0 Å². The summed E-state index contributed by atoms with van der Waals surface area (Å²) in [4.78, 5) is 0.802. The molecule has 3 aromatic rings. The standard InChI is InChI=1S/C12H13N5OS/c1-8-16-17-11(14-15-12(17)19-8)9-2-4-10(5-3-9)18-7-6-13/h2-5H,6-7,13H2,1H3. The number of hydrogen-bond acceptors (Lipinski definition) is 6. The third-order valence-corrected chi connectivity index (χ3v) is 3.41. The summed E-state index contributed by atoms with van der Waals surface area (Å²) in [5.41, 5.74) is 6.35. The molecule has 0 aliphatic heterocycles. The van der Waals surface area contributed by atoms with Crippen molar-refractivity contribution in [1.29, 1.82) is 0 Å². The molecular weight excluding hydrogens is 262 g/mol. The summed E-state index contributed by atoms with van der Waals surface area (Å²) < 4.78 is 7.20. The zero-order valence-corrected chi connectivity index (χ0v) is 11.2. The first kappa shape index (κ1) is 12.1. The highest BCUT2D eigenvalue weighted by Crippen LogP contribution is 2.23. The quantitative estimate of drug-likeness (QED) is 0.780. The van der Waals surface area contributed by atoms with E-state index < -0.39 is 0 Å². The predicted octanol–water partition coefficient (Wildman–Crippen LogP) is 1.50. The Morgan fingerprint density at radius 3 is 2.79 bits per heavy atom. The molecule has 0 saturated carbocycles. The fourth-order valence-electron chi connectivity index (χ4n) is 1.77. The lowest BCUT2D eigenvalue weighted by atomic mass is 10.2. The van der Waals surface area contributed by atoms with Crippen molar-refractivity contribution in [3.05, 3.63) is 29.3 Å². The summed E-state index contributed by atoms with van der Waals surface area (Å²) in [6, 6.07) is 7.67. The van der Waals surface area contributed by atoms with Gasteiger partial charge in [-0.15, -0.1) is 10.2 Å².